The van der Waals surface area contributed by atoms with Gasteiger partial charge in [-0.3, -0.25) is 4.79 Å². The third-order valence-electron chi connectivity index (χ3n) is 4.15. The van der Waals surface area contributed by atoms with Crippen molar-refractivity contribution in [3.05, 3.63) is 66.2 Å². The van der Waals surface area contributed by atoms with Crippen molar-refractivity contribution in [1.29, 1.82) is 0 Å². The largest absolute Gasteiger partial charge is 0.507 e. The van der Waals surface area contributed by atoms with Gasteiger partial charge < -0.3 is 14.6 Å². The van der Waals surface area contributed by atoms with Gasteiger partial charge in [0.2, 0.25) is 0 Å². The lowest BCUT2D eigenvalue weighted by atomic mass is 10.0. The van der Waals surface area contributed by atoms with Gasteiger partial charge in [-0.1, -0.05) is 42.5 Å². The third-order valence-corrected chi connectivity index (χ3v) is 4.15. The average molecular weight is 378 g/mol. The number of hydrogen-bond donors (Lipinski definition) is 2. The zero-order chi connectivity index (χ0) is 19.9. The van der Waals surface area contributed by atoms with E-state index in [2.05, 4.69) is 10.5 Å². The summed E-state index contributed by atoms with van der Waals surface area (Å²) in [7, 11) is 0. The van der Waals surface area contributed by atoms with Crippen LogP contribution in [0, 0.1) is 0 Å². The van der Waals surface area contributed by atoms with E-state index in [4.69, 9.17) is 9.47 Å². The molecule has 0 atom stereocenters. The van der Waals surface area contributed by atoms with E-state index in [0.717, 1.165) is 10.8 Å². The van der Waals surface area contributed by atoms with E-state index in [1.54, 1.807) is 31.2 Å². The van der Waals surface area contributed by atoms with Crippen molar-refractivity contribution in [2.24, 2.45) is 5.10 Å². The highest BCUT2D eigenvalue weighted by Crippen LogP contribution is 2.29. The molecule has 0 spiro atoms. The number of benzene rings is 3. The molecule has 6 nitrogen and oxygen atoms in total. The second-order valence-corrected chi connectivity index (χ2v) is 6.08. The van der Waals surface area contributed by atoms with Crippen LogP contribution in [0.4, 0.5) is 0 Å². The number of para-hydroxylation sites is 2. The number of rotatable bonds is 7. The average Bonchev–Trinajstić information content (AvgIpc) is 2.72. The Kier molecular flexibility index (Phi) is 6.11. The molecule has 0 fully saturated rings. The minimum Gasteiger partial charge on any atom is -0.507 e. The predicted molar refractivity (Wildman–Crippen MR) is 109 cm³/mol. The van der Waals surface area contributed by atoms with Gasteiger partial charge >= 0.3 is 0 Å². The number of amides is 1. The molecule has 28 heavy (non-hydrogen) atoms. The van der Waals surface area contributed by atoms with Crippen LogP contribution in [0.15, 0.2) is 65.8 Å². The Morgan fingerprint density at radius 2 is 1.68 bits per heavy atom. The minimum atomic E-state index is -0.411. The van der Waals surface area contributed by atoms with Crippen molar-refractivity contribution >= 4 is 22.4 Å². The lowest BCUT2D eigenvalue weighted by Crippen LogP contribution is -2.25. The fraction of sp³-hybridized carbons (Fsp3) is 0.182. The van der Waals surface area contributed by atoms with E-state index < -0.39 is 5.91 Å². The highest BCUT2D eigenvalue weighted by molar-refractivity contribution is 6.06. The molecule has 0 bridgehead atoms. The monoisotopic (exact) mass is 378 g/mol. The molecule has 3 aromatic carbocycles. The molecule has 6 heteroatoms. The first-order chi connectivity index (χ1) is 13.6. The van der Waals surface area contributed by atoms with E-state index >= 15 is 0 Å². The van der Waals surface area contributed by atoms with Crippen molar-refractivity contribution in [1.82, 2.24) is 5.43 Å². The molecule has 3 rings (SSSR count). The molecule has 0 unspecified atom stereocenters. The number of aromatic hydroxyl groups is 1. The summed E-state index contributed by atoms with van der Waals surface area (Å²) in [6.45, 7) is 3.90. The molecule has 0 saturated carbocycles. The lowest BCUT2D eigenvalue weighted by Gasteiger charge is -2.11. The highest BCUT2D eigenvalue weighted by Gasteiger charge is 2.10. The van der Waals surface area contributed by atoms with Crippen LogP contribution >= 0.6 is 0 Å². The fourth-order valence-electron chi connectivity index (χ4n) is 2.77. The van der Waals surface area contributed by atoms with Crippen molar-refractivity contribution in [3.8, 4) is 17.2 Å². The standard InChI is InChI=1S/C22H22N2O4/c1-3-27-19-10-6-7-11-20(19)28-14-21(25)24-23-15(2)17-13-12-16-8-4-5-9-18(16)22(17)26/h4-13,26H,3,14H2,1-2H3,(H,24,25)/b23-15+. The third kappa shape index (κ3) is 4.40. The molecule has 0 aliphatic carbocycles. The molecule has 144 valence electrons. The summed E-state index contributed by atoms with van der Waals surface area (Å²) in [5.74, 6) is 0.798. The molecule has 2 N–H and O–H groups in total. The van der Waals surface area contributed by atoms with Gasteiger partial charge in [-0.05, 0) is 37.4 Å². The summed E-state index contributed by atoms with van der Waals surface area (Å²) in [5, 5.41) is 16.2. The molecular formula is C22H22N2O4. The topological polar surface area (TPSA) is 80.2 Å². The van der Waals surface area contributed by atoms with Crippen LogP contribution in [-0.2, 0) is 4.79 Å². The number of carbonyl (C=O) groups excluding carboxylic acids is 1. The molecule has 0 aliphatic heterocycles. The van der Waals surface area contributed by atoms with Gasteiger partial charge in [-0.2, -0.15) is 5.10 Å². The number of carbonyl (C=O) groups is 1. The van der Waals surface area contributed by atoms with Crippen molar-refractivity contribution < 1.29 is 19.4 Å². The summed E-state index contributed by atoms with van der Waals surface area (Å²) in [4.78, 5) is 12.1. The Morgan fingerprint density at radius 1 is 1.00 bits per heavy atom. The first-order valence-corrected chi connectivity index (χ1v) is 8.99. The van der Waals surface area contributed by atoms with Crippen LogP contribution in [0.1, 0.15) is 19.4 Å². The zero-order valence-electron chi connectivity index (χ0n) is 15.8. The van der Waals surface area contributed by atoms with Crippen LogP contribution in [0.3, 0.4) is 0 Å². The number of phenolic OH excluding ortho intramolecular Hbond substituents is 1. The Balaban J connectivity index is 1.65. The van der Waals surface area contributed by atoms with Crippen molar-refractivity contribution in [2.75, 3.05) is 13.2 Å². The van der Waals surface area contributed by atoms with Gasteiger partial charge in [0.05, 0.1) is 12.3 Å². The van der Waals surface area contributed by atoms with Gasteiger partial charge in [0.25, 0.3) is 5.91 Å². The molecule has 0 radical (unpaired) electrons. The fourth-order valence-corrected chi connectivity index (χ4v) is 2.77. The molecule has 0 aliphatic rings. The van der Waals surface area contributed by atoms with Crippen LogP contribution in [-0.4, -0.2) is 29.9 Å². The summed E-state index contributed by atoms with van der Waals surface area (Å²) in [6.07, 6.45) is 0. The minimum absolute atomic E-state index is 0.135. The molecular weight excluding hydrogens is 356 g/mol. The quantitative estimate of drug-likeness (QED) is 0.483. The predicted octanol–water partition coefficient (Wildman–Crippen LogP) is 3.86. The molecule has 0 aromatic heterocycles. The smallest absolute Gasteiger partial charge is 0.277 e. The number of nitrogens with zero attached hydrogens (tertiary/aromatic N) is 1. The SMILES string of the molecule is CCOc1ccccc1OCC(=O)N/N=C(\C)c1ccc2ccccc2c1O. The van der Waals surface area contributed by atoms with Crippen molar-refractivity contribution in [2.45, 2.75) is 13.8 Å². The summed E-state index contributed by atoms with van der Waals surface area (Å²) in [6, 6.07) is 18.4. The lowest BCUT2D eigenvalue weighted by molar-refractivity contribution is -0.123. The maximum atomic E-state index is 12.1. The Labute approximate surface area is 163 Å². The number of hydrogen-bond acceptors (Lipinski definition) is 5. The van der Waals surface area contributed by atoms with Crippen LogP contribution in [0.2, 0.25) is 0 Å². The van der Waals surface area contributed by atoms with E-state index in [1.807, 2.05) is 43.3 Å². The molecule has 0 heterocycles. The van der Waals surface area contributed by atoms with Gasteiger partial charge in [0.15, 0.2) is 18.1 Å². The Bertz CT molecular complexity index is 1010. The first-order valence-electron chi connectivity index (χ1n) is 8.99. The normalized spacial score (nSPS) is 11.3. The van der Waals surface area contributed by atoms with Crippen molar-refractivity contribution in [3.63, 3.8) is 0 Å². The van der Waals surface area contributed by atoms with E-state index in [0.29, 0.717) is 29.4 Å². The van der Waals surface area contributed by atoms with Gasteiger partial charge in [-0.25, -0.2) is 5.43 Å². The van der Waals surface area contributed by atoms with E-state index in [1.165, 1.54) is 0 Å². The van der Waals surface area contributed by atoms with E-state index in [-0.39, 0.29) is 12.4 Å². The van der Waals surface area contributed by atoms with Gasteiger partial charge in [0.1, 0.15) is 5.75 Å². The summed E-state index contributed by atoms with van der Waals surface area (Å²) >= 11 is 0. The second-order valence-electron chi connectivity index (χ2n) is 6.08. The maximum Gasteiger partial charge on any atom is 0.277 e. The first kappa shape index (κ1) is 19.2. The maximum absolute atomic E-state index is 12.1. The Morgan fingerprint density at radius 3 is 2.43 bits per heavy atom. The second kappa shape index (κ2) is 8.90. The van der Waals surface area contributed by atoms with Gasteiger partial charge in [-0.15, -0.1) is 0 Å². The zero-order valence-corrected chi connectivity index (χ0v) is 15.8. The van der Waals surface area contributed by atoms with Crippen LogP contribution < -0.4 is 14.9 Å². The molecule has 3 aromatic rings. The van der Waals surface area contributed by atoms with E-state index in [9.17, 15) is 9.90 Å². The van der Waals surface area contributed by atoms with Crippen LogP contribution in [0.5, 0.6) is 17.2 Å². The summed E-state index contributed by atoms with van der Waals surface area (Å²) in [5.41, 5.74) is 3.50. The number of nitrogens with one attached hydrogen (secondary N) is 1. The number of ether oxygens (including phenoxy) is 2. The molecule has 0 saturated heterocycles. The van der Waals surface area contributed by atoms with Crippen LogP contribution in [0.25, 0.3) is 10.8 Å². The van der Waals surface area contributed by atoms with Gasteiger partial charge in [0, 0.05) is 10.9 Å². The highest BCUT2D eigenvalue weighted by atomic mass is 16.5. The number of hydrazone groups is 1. The number of fused-ring (bicyclic) bond motifs is 1. The number of phenols is 1. The summed E-state index contributed by atoms with van der Waals surface area (Å²) < 4.78 is 11.0. The Hall–Kier alpha value is -3.54. The molecule has 1 amide bonds.